The van der Waals surface area contributed by atoms with E-state index in [1.165, 1.54) is 36.8 Å². The quantitative estimate of drug-likeness (QED) is 0.659. The zero-order chi connectivity index (χ0) is 15.7. The van der Waals surface area contributed by atoms with Crippen molar-refractivity contribution in [3.8, 4) is 0 Å². The molecule has 0 aromatic heterocycles. The number of rotatable bonds is 2. The Balaban J connectivity index is 1.74. The summed E-state index contributed by atoms with van der Waals surface area (Å²) in [6.07, 6.45) is 7.79. The van der Waals surface area contributed by atoms with Gasteiger partial charge in [-0.05, 0) is 24.8 Å². The lowest BCUT2D eigenvalue weighted by atomic mass is 9.82. The summed E-state index contributed by atoms with van der Waals surface area (Å²) in [7, 11) is 0. The summed E-state index contributed by atoms with van der Waals surface area (Å²) in [4.78, 5) is 12.6. The molecule has 2 aliphatic rings. The van der Waals surface area contributed by atoms with Gasteiger partial charge in [-0.15, -0.1) is 0 Å². The Kier molecular flexibility index (Phi) is 3.53. The molecule has 1 fully saturated rings. The van der Waals surface area contributed by atoms with E-state index >= 15 is 0 Å². The lowest BCUT2D eigenvalue weighted by Crippen LogP contribution is -2.46. The molecule has 116 valence electrons. The molecule has 1 aliphatic heterocycles. The predicted molar refractivity (Wildman–Crippen MR) is 93.2 cm³/mol. The molecule has 23 heavy (non-hydrogen) atoms. The van der Waals surface area contributed by atoms with Crippen molar-refractivity contribution in [2.24, 2.45) is 0 Å². The van der Waals surface area contributed by atoms with E-state index in [1.54, 1.807) is 6.08 Å². The van der Waals surface area contributed by atoms with E-state index < -0.39 is 0 Å². The summed E-state index contributed by atoms with van der Waals surface area (Å²) >= 11 is 0. The minimum Gasteiger partial charge on any atom is -0.379 e. The number of benzene rings is 2. The van der Waals surface area contributed by atoms with Crippen LogP contribution in [0, 0.1) is 0 Å². The molecule has 1 saturated carbocycles. The van der Waals surface area contributed by atoms with Crippen LogP contribution in [0.5, 0.6) is 0 Å². The van der Waals surface area contributed by atoms with Crippen molar-refractivity contribution in [3.05, 3.63) is 77.4 Å². The fraction of sp³-hybridized carbons (Fsp3) is 0.286. The number of hydrogen-bond acceptors (Lipinski definition) is 2. The number of allylic oxidation sites excluding steroid dienone is 1. The molecular formula is C21H21NO. The van der Waals surface area contributed by atoms with Crippen molar-refractivity contribution >= 4 is 11.5 Å². The maximum atomic E-state index is 12.6. The van der Waals surface area contributed by atoms with Crippen LogP contribution >= 0.6 is 0 Å². The van der Waals surface area contributed by atoms with Gasteiger partial charge in [-0.25, -0.2) is 0 Å². The topological polar surface area (TPSA) is 29.1 Å². The Morgan fingerprint density at radius 1 is 0.957 bits per heavy atom. The molecule has 0 bridgehead atoms. The normalized spacial score (nSPS) is 20.3. The van der Waals surface area contributed by atoms with Gasteiger partial charge in [0.2, 0.25) is 0 Å². The number of carbonyl (C=O) groups excluding carboxylic acids is 1. The minimum absolute atomic E-state index is 0.0675. The van der Waals surface area contributed by atoms with Crippen molar-refractivity contribution in [3.63, 3.8) is 0 Å². The molecule has 1 N–H and O–H groups in total. The molecule has 0 amide bonds. The maximum Gasteiger partial charge on any atom is 0.187 e. The van der Waals surface area contributed by atoms with Crippen molar-refractivity contribution in [1.82, 2.24) is 5.32 Å². The fourth-order valence-corrected chi connectivity index (χ4v) is 3.98. The van der Waals surface area contributed by atoms with Gasteiger partial charge in [0.15, 0.2) is 5.78 Å². The molecule has 2 aromatic carbocycles. The van der Waals surface area contributed by atoms with Crippen LogP contribution < -0.4 is 5.32 Å². The highest BCUT2D eigenvalue weighted by atomic mass is 16.1. The van der Waals surface area contributed by atoms with E-state index in [0.29, 0.717) is 0 Å². The Morgan fingerprint density at radius 2 is 1.65 bits per heavy atom. The summed E-state index contributed by atoms with van der Waals surface area (Å²) in [5.41, 5.74) is 4.42. The lowest BCUT2D eigenvalue weighted by Gasteiger charge is -2.38. The van der Waals surface area contributed by atoms with Crippen LogP contribution in [0.1, 0.15) is 47.2 Å². The smallest absolute Gasteiger partial charge is 0.187 e. The number of fused-ring (bicyclic) bond motifs is 1. The number of carbonyl (C=O) groups is 1. The van der Waals surface area contributed by atoms with E-state index in [1.807, 2.05) is 36.4 Å². The molecule has 0 saturated heterocycles. The molecule has 4 rings (SSSR count). The SMILES string of the molecule is O=C(C=C1NC2(CCCC2)Cc2ccccc21)c1ccccc1. The third-order valence-corrected chi connectivity index (χ3v) is 5.13. The molecule has 2 heteroatoms. The summed E-state index contributed by atoms with van der Waals surface area (Å²) in [6, 6.07) is 18.0. The van der Waals surface area contributed by atoms with Gasteiger partial charge in [0, 0.05) is 28.4 Å². The van der Waals surface area contributed by atoms with Crippen LogP contribution in [-0.2, 0) is 6.42 Å². The first-order chi connectivity index (χ1) is 11.3. The highest BCUT2D eigenvalue weighted by Gasteiger charge is 2.38. The van der Waals surface area contributed by atoms with Gasteiger partial charge in [-0.3, -0.25) is 4.79 Å². The molecule has 1 spiro atoms. The van der Waals surface area contributed by atoms with E-state index in [2.05, 4.69) is 23.5 Å². The van der Waals surface area contributed by atoms with E-state index in [-0.39, 0.29) is 11.3 Å². The van der Waals surface area contributed by atoms with Gasteiger partial charge in [-0.2, -0.15) is 0 Å². The van der Waals surface area contributed by atoms with Crippen molar-refractivity contribution in [2.45, 2.75) is 37.6 Å². The predicted octanol–water partition coefficient (Wildman–Crippen LogP) is 4.37. The van der Waals surface area contributed by atoms with Crippen LogP contribution in [-0.4, -0.2) is 11.3 Å². The van der Waals surface area contributed by atoms with Gasteiger partial charge in [0.25, 0.3) is 0 Å². The van der Waals surface area contributed by atoms with Crippen molar-refractivity contribution < 1.29 is 4.79 Å². The largest absolute Gasteiger partial charge is 0.379 e. The van der Waals surface area contributed by atoms with Crippen molar-refractivity contribution in [2.75, 3.05) is 0 Å². The highest BCUT2D eigenvalue weighted by molar-refractivity contribution is 6.08. The molecule has 0 atom stereocenters. The molecule has 1 heterocycles. The second kappa shape index (κ2) is 5.69. The number of ketones is 1. The van der Waals surface area contributed by atoms with Crippen LogP contribution in [0.2, 0.25) is 0 Å². The third-order valence-electron chi connectivity index (χ3n) is 5.13. The van der Waals surface area contributed by atoms with Gasteiger partial charge in [0.05, 0.1) is 0 Å². The molecule has 0 radical (unpaired) electrons. The molecule has 2 nitrogen and oxygen atoms in total. The summed E-state index contributed by atoms with van der Waals surface area (Å²) < 4.78 is 0. The van der Waals surface area contributed by atoms with Crippen LogP contribution in [0.3, 0.4) is 0 Å². The highest BCUT2D eigenvalue weighted by Crippen LogP contribution is 2.39. The molecule has 0 unspecified atom stereocenters. The number of nitrogens with one attached hydrogen (secondary N) is 1. The first-order valence-corrected chi connectivity index (χ1v) is 8.43. The second-order valence-electron chi connectivity index (χ2n) is 6.73. The second-order valence-corrected chi connectivity index (χ2v) is 6.73. The summed E-state index contributed by atoms with van der Waals surface area (Å²) in [6.45, 7) is 0. The standard InChI is InChI=1S/C21H21NO/c23-20(16-8-2-1-3-9-16)14-19-18-11-5-4-10-17(18)15-21(22-19)12-6-7-13-21/h1-5,8-11,14,22H,6-7,12-13,15H2. The van der Waals surface area contributed by atoms with Crippen molar-refractivity contribution in [1.29, 1.82) is 0 Å². The first-order valence-electron chi connectivity index (χ1n) is 8.43. The monoisotopic (exact) mass is 303 g/mol. The number of hydrogen-bond donors (Lipinski definition) is 1. The zero-order valence-electron chi connectivity index (χ0n) is 13.2. The average Bonchev–Trinajstić information content (AvgIpc) is 3.03. The summed E-state index contributed by atoms with van der Waals surface area (Å²) in [5, 5.41) is 3.73. The molecule has 2 aromatic rings. The van der Waals surface area contributed by atoms with Gasteiger partial charge in [0.1, 0.15) is 0 Å². The third kappa shape index (κ3) is 2.70. The average molecular weight is 303 g/mol. The Morgan fingerprint density at radius 3 is 2.43 bits per heavy atom. The Labute approximate surface area is 137 Å². The molecule has 1 aliphatic carbocycles. The zero-order valence-corrected chi connectivity index (χ0v) is 13.2. The van der Waals surface area contributed by atoms with Crippen LogP contribution in [0.4, 0.5) is 0 Å². The van der Waals surface area contributed by atoms with Gasteiger partial charge < -0.3 is 5.32 Å². The minimum atomic E-state index is 0.0675. The van der Waals surface area contributed by atoms with Gasteiger partial charge >= 0.3 is 0 Å². The van der Waals surface area contributed by atoms with E-state index in [9.17, 15) is 4.79 Å². The Hall–Kier alpha value is -2.35. The first kappa shape index (κ1) is 14.3. The summed E-state index contributed by atoms with van der Waals surface area (Å²) in [5.74, 6) is 0.0675. The van der Waals surface area contributed by atoms with E-state index in [0.717, 1.165) is 17.7 Å². The fourth-order valence-electron chi connectivity index (χ4n) is 3.98. The molecular weight excluding hydrogens is 282 g/mol. The lowest BCUT2D eigenvalue weighted by molar-refractivity contribution is 0.104. The van der Waals surface area contributed by atoms with Gasteiger partial charge in [-0.1, -0.05) is 67.4 Å². The van der Waals surface area contributed by atoms with Crippen LogP contribution in [0.15, 0.2) is 60.7 Å². The maximum absolute atomic E-state index is 12.6. The van der Waals surface area contributed by atoms with Crippen LogP contribution in [0.25, 0.3) is 5.70 Å². The van der Waals surface area contributed by atoms with E-state index in [4.69, 9.17) is 0 Å². The Bertz CT molecular complexity index is 754.